The number of hydrogen-bond acceptors (Lipinski definition) is 4. The van der Waals surface area contributed by atoms with Crippen molar-refractivity contribution in [1.82, 2.24) is 4.31 Å². The zero-order chi connectivity index (χ0) is 11.8. The van der Waals surface area contributed by atoms with Crippen molar-refractivity contribution in [2.24, 2.45) is 0 Å². The Morgan fingerprint density at radius 1 is 1.62 bits per heavy atom. The normalized spacial score (nSPS) is 22.8. The first-order chi connectivity index (χ1) is 7.57. The maximum atomic E-state index is 12.3. The van der Waals surface area contributed by atoms with E-state index >= 15 is 0 Å². The van der Waals surface area contributed by atoms with Crippen LogP contribution < -0.4 is 0 Å². The van der Waals surface area contributed by atoms with Crippen LogP contribution in [0, 0.1) is 0 Å². The van der Waals surface area contributed by atoms with E-state index in [0.29, 0.717) is 15.2 Å². The molecule has 4 nitrogen and oxygen atoms in total. The van der Waals surface area contributed by atoms with Crippen molar-refractivity contribution in [3.8, 4) is 0 Å². The predicted molar refractivity (Wildman–Crippen MR) is 66.0 cm³/mol. The molecule has 0 aromatic carbocycles. The molecule has 0 saturated carbocycles. The topological polar surface area (TPSA) is 57.6 Å². The first kappa shape index (κ1) is 12.5. The van der Waals surface area contributed by atoms with E-state index in [-0.39, 0.29) is 12.6 Å². The Morgan fingerprint density at radius 3 is 2.94 bits per heavy atom. The van der Waals surface area contributed by atoms with Gasteiger partial charge >= 0.3 is 0 Å². The molecule has 0 aliphatic carbocycles. The highest BCUT2D eigenvalue weighted by Gasteiger charge is 2.36. The van der Waals surface area contributed by atoms with Crippen LogP contribution in [-0.2, 0) is 10.0 Å². The summed E-state index contributed by atoms with van der Waals surface area (Å²) in [6.45, 7) is 0.389. The second-order valence-electron chi connectivity index (χ2n) is 3.65. The molecule has 0 bridgehead atoms. The van der Waals surface area contributed by atoms with Crippen molar-refractivity contribution in [1.29, 1.82) is 0 Å². The van der Waals surface area contributed by atoms with Gasteiger partial charge in [0.15, 0.2) is 0 Å². The molecule has 0 spiro atoms. The van der Waals surface area contributed by atoms with Crippen molar-refractivity contribution in [3.63, 3.8) is 0 Å². The highest BCUT2D eigenvalue weighted by atomic mass is 79.9. The lowest BCUT2D eigenvalue weighted by Crippen LogP contribution is -2.37. The van der Waals surface area contributed by atoms with Gasteiger partial charge in [-0.1, -0.05) is 0 Å². The molecule has 2 rings (SSSR count). The molecule has 1 aromatic heterocycles. The molecular formula is C9H12BrNO3S2. The summed E-state index contributed by atoms with van der Waals surface area (Å²) in [6, 6.07) is 1.46. The van der Waals surface area contributed by atoms with Crippen molar-refractivity contribution in [2.75, 3.05) is 13.2 Å². The van der Waals surface area contributed by atoms with Gasteiger partial charge in [-0.15, -0.1) is 11.3 Å². The third-order valence-corrected chi connectivity index (χ3v) is 7.26. The quantitative estimate of drug-likeness (QED) is 0.919. The number of thiophene rings is 1. The molecule has 2 heterocycles. The van der Waals surface area contributed by atoms with Crippen LogP contribution in [0.15, 0.2) is 20.1 Å². The first-order valence-corrected chi connectivity index (χ1v) is 8.04. The van der Waals surface area contributed by atoms with Crippen LogP contribution in [0.2, 0.25) is 0 Å². The fourth-order valence-corrected chi connectivity index (χ4v) is 5.99. The lowest BCUT2D eigenvalue weighted by atomic mass is 10.2. The van der Waals surface area contributed by atoms with Gasteiger partial charge in [0.2, 0.25) is 0 Å². The summed E-state index contributed by atoms with van der Waals surface area (Å²) >= 11 is 4.43. The van der Waals surface area contributed by atoms with E-state index < -0.39 is 10.0 Å². The fourth-order valence-electron chi connectivity index (χ4n) is 1.88. The zero-order valence-electron chi connectivity index (χ0n) is 8.47. The minimum absolute atomic E-state index is 0.109. The van der Waals surface area contributed by atoms with E-state index in [4.69, 9.17) is 5.11 Å². The number of hydrogen-bond donors (Lipinski definition) is 1. The molecule has 1 atom stereocenters. The summed E-state index contributed by atoms with van der Waals surface area (Å²) < 4.78 is 26.9. The van der Waals surface area contributed by atoms with E-state index in [9.17, 15) is 8.42 Å². The third kappa shape index (κ3) is 2.06. The largest absolute Gasteiger partial charge is 0.395 e. The fraction of sp³-hybridized carbons (Fsp3) is 0.556. The first-order valence-electron chi connectivity index (χ1n) is 4.93. The highest BCUT2D eigenvalue weighted by Crippen LogP contribution is 2.33. The number of aliphatic hydroxyl groups is 1. The number of nitrogens with zero attached hydrogens (tertiary/aromatic N) is 1. The van der Waals surface area contributed by atoms with Gasteiger partial charge in [0, 0.05) is 17.1 Å². The summed E-state index contributed by atoms with van der Waals surface area (Å²) in [5.74, 6) is 0. The van der Waals surface area contributed by atoms with Crippen LogP contribution in [0.25, 0.3) is 0 Å². The van der Waals surface area contributed by atoms with E-state index in [1.165, 1.54) is 15.6 Å². The Hall–Kier alpha value is 0.0500. The number of rotatable bonds is 3. The van der Waals surface area contributed by atoms with Crippen LogP contribution in [0.4, 0.5) is 0 Å². The number of sulfonamides is 1. The Labute approximate surface area is 107 Å². The smallest absolute Gasteiger partial charge is 0.254 e. The second-order valence-corrected chi connectivity index (χ2v) is 7.51. The summed E-state index contributed by atoms with van der Waals surface area (Å²) in [7, 11) is -3.44. The van der Waals surface area contributed by atoms with Gasteiger partial charge in [0.05, 0.1) is 6.61 Å². The van der Waals surface area contributed by atoms with Gasteiger partial charge in [-0.25, -0.2) is 8.42 Å². The van der Waals surface area contributed by atoms with E-state index in [1.807, 2.05) is 0 Å². The minimum Gasteiger partial charge on any atom is -0.395 e. The lowest BCUT2D eigenvalue weighted by molar-refractivity contribution is 0.213. The Kier molecular flexibility index (Phi) is 3.70. The van der Waals surface area contributed by atoms with E-state index in [1.54, 1.807) is 11.4 Å². The van der Waals surface area contributed by atoms with E-state index in [0.717, 1.165) is 12.8 Å². The van der Waals surface area contributed by atoms with Crippen LogP contribution in [0.5, 0.6) is 0 Å². The molecule has 16 heavy (non-hydrogen) atoms. The molecule has 1 N–H and O–H groups in total. The van der Waals surface area contributed by atoms with Crippen LogP contribution in [0.3, 0.4) is 0 Å². The number of halogens is 1. The molecule has 1 fully saturated rings. The summed E-state index contributed by atoms with van der Waals surface area (Å²) in [4.78, 5) is 0. The van der Waals surface area contributed by atoms with Crippen LogP contribution >= 0.6 is 27.3 Å². The van der Waals surface area contributed by atoms with Gasteiger partial charge in [0.1, 0.15) is 4.21 Å². The summed E-state index contributed by atoms with van der Waals surface area (Å²) in [6.07, 6.45) is 1.55. The molecule has 90 valence electrons. The molecule has 1 aliphatic heterocycles. The molecule has 0 unspecified atom stereocenters. The van der Waals surface area contributed by atoms with Crippen molar-refractivity contribution in [2.45, 2.75) is 23.1 Å². The van der Waals surface area contributed by atoms with Crippen molar-refractivity contribution >= 4 is 37.3 Å². The van der Waals surface area contributed by atoms with Gasteiger partial charge in [0.25, 0.3) is 10.0 Å². The molecule has 0 amide bonds. The molecule has 1 aliphatic rings. The van der Waals surface area contributed by atoms with Gasteiger partial charge in [-0.05, 0) is 40.2 Å². The highest BCUT2D eigenvalue weighted by molar-refractivity contribution is 9.10. The van der Waals surface area contributed by atoms with Gasteiger partial charge in [-0.2, -0.15) is 4.31 Å². The van der Waals surface area contributed by atoms with Crippen molar-refractivity contribution in [3.05, 3.63) is 15.9 Å². The standard InChI is InChI=1S/C9H12BrNO3S2/c10-8-3-5-15-9(8)16(13,14)11-4-1-2-7(11)6-12/h3,5,7,12H,1-2,4,6H2/t7-/m1/s1. The Bertz CT molecular complexity index is 471. The molecule has 1 saturated heterocycles. The van der Waals surface area contributed by atoms with Crippen LogP contribution in [-0.4, -0.2) is 37.0 Å². The summed E-state index contributed by atoms with van der Waals surface area (Å²) in [5.41, 5.74) is 0. The monoisotopic (exact) mass is 325 g/mol. The SMILES string of the molecule is O=S(=O)(c1sccc1Br)N1CCC[C@@H]1CO. The minimum atomic E-state index is -3.44. The average Bonchev–Trinajstić information content (AvgIpc) is 2.85. The summed E-state index contributed by atoms with van der Waals surface area (Å²) in [5, 5.41) is 10.9. The van der Waals surface area contributed by atoms with Crippen molar-refractivity contribution < 1.29 is 13.5 Å². The Balaban J connectivity index is 2.36. The van der Waals surface area contributed by atoms with Gasteiger partial charge < -0.3 is 5.11 Å². The number of aliphatic hydroxyl groups excluding tert-OH is 1. The van der Waals surface area contributed by atoms with E-state index in [2.05, 4.69) is 15.9 Å². The van der Waals surface area contributed by atoms with Gasteiger partial charge in [-0.3, -0.25) is 0 Å². The molecular weight excluding hydrogens is 314 g/mol. The molecule has 0 radical (unpaired) electrons. The molecule has 1 aromatic rings. The lowest BCUT2D eigenvalue weighted by Gasteiger charge is -2.21. The second kappa shape index (κ2) is 4.73. The maximum Gasteiger partial charge on any atom is 0.254 e. The average molecular weight is 326 g/mol. The van der Waals surface area contributed by atoms with Crippen LogP contribution in [0.1, 0.15) is 12.8 Å². The predicted octanol–water partition coefficient (Wildman–Crippen LogP) is 1.66. The third-order valence-electron chi connectivity index (χ3n) is 2.66. The Morgan fingerprint density at radius 2 is 2.38 bits per heavy atom. The molecule has 7 heteroatoms. The zero-order valence-corrected chi connectivity index (χ0v) is 11.7. The maximum absolute atomic E-state index is 12.3.